The van der Waals surface area contributed by atoms with Crippen LogP contribution in [0.4, 0.5) is 17.1 Å². The fourth-order valence-corrected chi connectivity index (χ4v) is 4.53. The molecule has 5 heteroatoms. The summed E-state index contributed by atoms with van der Waals surface area (Å²) in [6, 6.07) is 17.2. The van der Waals surface area contributed by atoms with Gasteiger partial charge in [-0.05, 0) is 37.3 Å². The van der Waals surface area contributed by atoms with Gasteiger partial charge in [0.15, 0.2) is 0 Å². The summed E-state index contributed by atoms with van der Waals surface area (Å²) in [5.41, 5.74) is 4.60. The molecule has 0 aliphatic carbocycles. The van der Waals surface area contributed by atoms with Gasteiger partial charge in [0.1, 0.15) is 0 Å². The second kappa shape index (κ2) is 7.84. The van der Waals surface area contributed by atoms with Gasteiger partial charge < -0.3 is 20.4 Å². The van der Waals surface area contributed by atoms with Crippen molar-refractivity contribution in [3.63, 3.8) is 0 Å². The smallest absolute Gasteiger partial charge is 0.224 e. The molecule has 1 amide bonds. The Balaban J connectivity index is 1.76. The van der Waals surface area contributed by atoms with Crippen LogP contribution in [-0.2, 0) is 4.79 Å². The maximum Gasteiger partial charge on any atom is 0.224 e. The zero-order chi connectivity index (χ0) is 19.7. The summed E-state index contributed by atoms with van der Waals surface area (Å²) in [6.07, 6.45) is 0. The quantitative estimate of drug-likeness (QED) is 0.856. The molecule has 2 aliphatic heterocycles. The van der Waals surface area contributed by atoms with Gasteiger partial charge in [-0.25, -0.2) is 0 Å². The van der Waals surface area contributed by atoms with E-state index >= 15 is 0 Å². The van der Waals surface area contributed by atoms with E-state index in [0.717, 1.165) is 37.6 Å². The van der Waals surface area contributed by atoms with Crippen molar-refractivity contribution < 1.29 is 4.79 Å². The van der Waals surface area contributed by atoms with Crippen LogP contribution in [0.3, 0.4) is 0 Å². The first-order chi connectivity index (χ1) is 13.6. The van der Waals surface area contributed by atoms with Gasteiger partial charge >= 0.3 is 0 Å². The zero-order valence-corrected chi connectivity index (χ0v) is 17.0. The number of benzene rings is 2. The summed E-state index contributed by atoms with van der Waals surface area (Å²) in [7, 11) is 0. The number of nitrogens with zero attached hydrogens (tertiary/aromatic N) is 2. The van der Waals surface area contributed by atoms with Crippen molar-refractivity contribution in [2.45, 2.75) is 32.9 Å². The van der Waals surface area contributed by atoms with Crippen LogP contribution < -0.4 is 20.4 Å². The lowest BCUT2D eigenvalue weighted by atomic mass is 9.82. The predicted octanol–water partition coefficient (Wildman–Crippen LogP) is 3.64. The van der Waals surface area contributed by atoms with E-state index in [9.17, 15) is 4.79 Å². The lowest BCUT2D eigenvalue weighted by Crippen LogP contribution is -2.48. The van der Waals surface area contributed by atoms with Gasteiger partial charge in [-0.2, -0.15) is 0 Å². The van der Waals surface area contributed by atoms with Crippen LogP contribution in [0.1, 0.15) is 32.4 Å². The molecule has 2 aromatic rings. The Labute approximate surface area is 167 Å². The van der Waals surface area contributed by atoms with Gasteiger partial charge in [0.2, 0.25) is 5.91 Å². The van der Waals surface area contributed by atoms with Crippen molar-refractivity contribution in [2.75, 3.05) is 41.3 Å². The average Bonchev–Trinajstić information content (AvgIpc) is 2.72. The zero-order valence-electron chi connectivity index (χ0n) is 17.0. The molecule has 0 saturated carbocycles. The molecule has 0 bridgehead atoms. The highest BCUT2D eigenvalue weighted by Crippen LogP contribution is 2.44. The normalized spacial score (nSPS) is 24.6. The monoisotopic (exact) mass is 378 g/mol. The van der Waals surface area contributed by atoms with Gasteiger partial charge in [-0.3, -0.25) is 4.79 Å². The van der Waals surface area contributed by atoms with Gasteiger partial charge in [0.25, 0.3) is 0 Å². The van der Waals surface area contributed by atoms with Crippen molar-refractivity contribution in [2.24, 2.45) is 5.92 Å². The molecule has 2 aliphatic rings. The van der Waals surface area contributed by atoms with E-state index in [1.807, 2.05) is 11.0 Å². The minimum Gasteiger partial charge on any atom is -0.378 e. The Bertz CT molecular complexity index is 832. The number of amides is 1. The van der Waals surface area contributed by atoms with Gasteiger partial charge in [0.05, 0.1) is 6.04 Å². The third kappa shape index (κ3) is 3.47. The van der Waals surface area contributed by atoms with Gasteiger partial charge in [0, 0.05) is 67.7 Å². The van der Waals surface area contributed by atoms with E-state index in [0.29, 0.717) is 0 Å². The van der Waals surface area contributed by atoms with E-state index in [4.69, 9.17) is 0 Å². The second-order valence-electron chi connectivity index (χ2n) is 7.96. The van der Waals surface area contributed by atoms with Crippen LogP contribution in [-0.4, -0.2) is 38.1 Å². The first kappa shape index (κ1) is 18.8. The molecule has 2 aromatic carbocycles. The minimum atomic E-state index is 0.105. The van der Waals surface area contributed by atoms with Crippen LogP contribution in [0.25, 0.3) is 0 Å². The molecule has 1 saturated heterocycles. The highest BCUT2D eigenvalue weighted by molar-refractivity contribution is 5.94. The summed E-state index contributed by atoms with van der Waals surface area (Å²) in [6.45, 7) is 10.1. The van der Waals surface area contributed by atoms with Crippen molar-refractivity contribution in [1.82, 2.24) is 5.32 Å². The standard InChI is InChI=1S/C23H30N4O/c1-16-17(2)27(18(3)28)22-10-9-20(26-13-11-24-12-14-26)15-21(22)23(16)25-19-7-5-4-6-8-19/h4-10,15-17,23-25H,11-14H2,1-3H3/t16-,17-,23?/m0/s1. The van der Waals surface area contributed by atoms with Crippen LogP contribution in [0, 0.1) is 5.92 Å². The highest BCUT2D eigenvalue weighted by Gasteiger charge is 2.38. The fourth-order valence-electron chi connectivity index (χ4n) is 4.53. The molecule has 0 radical (unpaired) electrons. The number of hydrogen-bond donors (Lipinski definition) is 2. The molecule has 4 rings (SSSR count). The van der Waals surface area contributed by atoms with Crippen LogP contribution in [0.5, 0.6) is 0 Å². The molecule has 2 heterocycles. The number of para-hydroxylation sites is 1. The molecular weight excluding hydrogens is 348 g/mol. The number of hydrogen-bond acceptors (Lipinski definition) is 4. The molecule has 2 N–H and O–H groups in total. The summed E-state index contributed by atoms with van der Waals surface area (Å²) in [5, 5.41) is 7.15. The summed E-state index contributed by atoms with van der Waals surface area (Å²) >= 11 is 0. The molecule has 1 fully saturated rings. The van der Waals surface area contributed by atoms with Crippen LogP contribution in [0.2, 0.25) is 0 Å². The maximum atomic E-state index is 12.5. The molecule has 0 aromatic heterocycles. The Morgan fingerprint density at radius 3 is 2.46 bits per heavy atom. The van der Waals surface area contributed by atoms with Crippen molar-refractivity contribution >= 4 is 23.0 Å². The first-order valence-electron chi connectivity index (χ1n) is 10.3. The number of fused-ring (bicyclic) bond motifs is 1. The molecule has 5 nitrogen and oxygen atoms in total. The lowest BCUT2D eigenvalue weighted by molar-refractivity contribution is -0.117. The van der Waals surface area contributed by atoms with E-state index in [2.05, 4.69) is 71.8 Å². The molecule has 1 unspecified atom stereocenters. The van der Waals surface area contributed by atoms with Crippen molar-refractivity contribution in [3.05, 3.63) is 54.1 Å². The van der Waals surface area contributed by atoms with Gasteiger partial charge in [-0.15, -0.1) is 0 Å². The second-order valence-corrected chi connectivity index (χ2v) is 7.96. The summed E-state index contributed by atoms with van der Waals surface area (Å²) in [5.74, 6) is 0.392. The number of carbonyl (C=O) groups is 1. The topological polar surface area (TPSA) is 47.6 Å². The third-order valence-corrected chi connectivity index (χ3v) is 6.22. The summed E-state index contributed by atoms with van der Waals surface area (Å²) in [4.78, 5) is 16.8. The minimum absolute atomic E-state index is 0.105. The fraction of sp³-hybridized carbons (Fsp3) is 0.435. The molecule has 0 spiro atoms. The Morgan fingerprint density at radius 1 is 1.07 bits per heavy atom. The number of carbonyl (C=O) groups excluding carboxylic acids is 1. The first-order valence-corrected chi connectivity index (χ1v) is 10.3. The number of piperazine rings is 1. The predicted molar refractivity (Wildman–Crippen MR) is 116 cm³/mol. The van der Waals surface area contributed by atoms with Crippen LogP contribution in [0.15, 0.2) is 48.5 Å². The van der Waals surface area contributed by atoms with E-state index < -0.39 is 0 Å². The van der Waals surface area contributed by atoms with Crippen molar-refractivity contribution in [3.8, 4) is 0 Å². The van der Waals surface area contributed by atoms with Crippen molar-refractivity contribution in [1.29, 1.82) is 0 Å². The molecule has 3 atom stereocenters. The average molecular weight is 379 g/mol. The van der Waals surface area contributed by atoms with Crippen LogP contribution >= 0.6 is 0 Å². The Hall–Kier alpha value is -2.53. The van der Waals surface area contributed by atoms with Gasteiger partial charge in [-0.1, -0.05) is 25.1 Å². The number of rotatable bonds is 3. The number of nitrogens with one attached hydrogen (secondary N) is 2. The SMILES string of the molecule is CC(=O)N1c2ccc(N3CCNCC3)cc2C(Nc2ccccc2)[C@@H](C)[C@@H]1C. The Kier molecular flexibility index (Phi) is 5.27. The Morgan fingerprint density at radius 2 is 1.79 bits per heavy atom. The number of anilines is 3. The summed E-state index contributed by atoms with van der Waals surface area (Å²) < 4.78 is 0. The highest BCUT2D eigenvalue weighted by atomic mass is 16.2. The third-order valence-electron chi connectivity index (χ3n) is 6.22. The molecule has 148 valence electrons. The largest absolute Gasteiger partial charge is 0.378 e. The maximum absolute atomic E-state index is 12.5. The molecular formula is C23H30N4O. The van der Waals surface area contributed by atoms with E-state index in [-0.39, 0.29) is 23.9 Å². The molecule has 28 heavy (non-hydrogen) atoms. The lowest BCUT2D eigenvalue weighted by Gasteiger charge is -2.44. The van der Waals surface area contributed by atoms with E-state index in [1.165, 1.54) is 11.3 Å². The van der Waals surface area contributed by atoms with E-state index in [1.54, 1.807) is 6.92 Å².